The van der Waals surface area contributed by atoms with E-state index in [1.807, 2.05) is 24.3 Å². The van der Waals surface area contributed by atoms with E-state index in [0.717, 1.165) is 5.70 Å². The third-order valence-electron chi connectivity index (χ3n) is 1.56. The summed E-state index contributed by atoms with van der Waals surface area (Å²) in [5, 5.41) is 2.75. The third kappa shape index (κ3) is 2.74. The van der Waals surface area contributed by atoms with Gasteiger partial charge in [0, 0.05) is 12.6 Å². The lowest BCUT2D eigenvalue weighted by atomic mass is 10.1. The molecule has 64 valence electrons. The summed E-state index contributed by atoms with van der Waals surface area (Å²) in [5.41, 5.74) is 0.875. The Kier molecular flexibility index (Phi) is 2.86. The Morgan fingerprint density at radius 1 is 1.50 bits per heavy atom. The van der Waals surface area contributed by atoms with Gasteiger partial charge in [0.05, 0.1) is 0 Å². The van der Waals surface area contributed by atoms with Crippen LogP contribution in [0.2, 0.25) is 0 Å². The van der Waals surface area contributed by atoms with Crippen molar-refractivity contribution in [3.63, 3.8) is 0 Å². The van der Waals surface area contributed by atoms with E-state index in [1.165, 1.54) is 6.92 Å². The van der Waals surface area contributed by atoms with Gasteiger partial charge in [0.2, 0.25) is 5.91 Å². The van der Waals surface area contributed by atoms with Crippen LogP contribution in [0.25, 0.3) is 0 Å². The number of rotatable bonds is 1. The predicted octanol–water partition coefficient (Wildman–Crippen LogP) is 1.77. The Hall–Kier alpha value is -1.31. The van der Waals surface area contributed by atoms with Gasteiger partial charge in [-0.1, -0.05) is 31.2 Å². The molecule has 1 aliphatic carbocycles. The molecular formula is C10H13NO. The van der Waals surface area contributed by atoms with Crippen LogP contribution in [-0.4, -0.2) is 5.91 Å². The van der Waals surface area contributed by atoms with Crippen LogP contribution in [0.3, 0.4) is 0 Å². The second kappa shape index (κ2) is 3.90. The molecule has 1 aliphatic rings. The van der Waals surface area contributed by atoms with Gasteiger partial charge in [0.25, 0.3) is 0 Å². The fourth-order valence-corrected chi connectivity index (χ4v) is 1.08. The zero-order valence-electron chi connectivity index (χ0n) is 7.37. The van der Waals surface area contributed by atoms with Gasteiger partial charge in [0.1, 0.15) is 0 Å². The van der Waals surface area contributed by atoms with E-state index in [9.17, 15) is 4.79 Å². The average Bonchev–Trinajstić information content (AvgIpc) is 2.12. The average molecular weight is 163 g/mol. The molecule has 0 fully saturated rings. The summed E-state index contributed by atoms with van der Waals surface area (Å²) in [7, 11) is 0. The van der Waals surface area contributed by atoms with Crippen LogP contribution >= 0.6 is 0 Å². The first kappa shape index (κ1) is 8.78. The maximum atomic E-state index is 10.7. The highest BCUT2D eigenvalue weighted by molar-refractivity contribution is 5.75. The lowest BCUT2D eigenvalue weighted by Gasteiger charge is -2.03. The second-order valence-electron chi connectivity index (χ2n) is 2.91. The standard InChI is InChI=1S/C10H13NO/c1-8-5-3-4-6-10(7-8)11-9(2)12/h3-8H,1-2H3,(H,11,12). The summed E-state index contributed by atoms with van der Waals surface area (Å²) < 4.78 is 0. The Morgan fingerprint density at radius 2 is 2.25 bits per heavy atom. The van der Waals surface area contributed by atoms with E-state index in [1.54, 1.807) is 0 Å². The molecule has 1 unspecified atom stereocenters. The molecule has 1 rings (SSSR count). The van der Waals surface area contributed by atoms with Gasteiger partial charge >= 0.3 is 0 Å². The summed E-state index contributed by atoms with van der Waals surface area (Å²) in [4.78, 5) is 10.7. The van der Waals surface area contributed by atoms with E-state index >= 15 is 0 Å². The highest BCUT2D eigenvalue weighted by atomic mass is 16.1. The highest BCUT2D eigenvalue weighted by Gasteiger charge is 1.99. The number of hydrogen-bond acceptors (Lipinski definition) is 1. The molecule has 12 heavy (non-hydrogen) atoms. The van der Waals surface area contributed by atoms with Gasteiger partial charge in [-0.25, -0.2) is 0 Å². The second-order valence-corrected chi connectivity index (χ2v) is 2.91. The largest absolute Gasteiger partial charge is 0.327 e. The Labute approximate surface area is 72.7 Å². The molecule has 0 aromatic rings. The molecule has 1 atom stereocenters. The smallest absolute Gasteiger partial charge is 0.221 e. The lowest BCUT2D eigenvalue weighted by Crippen LogP contribution is -2.18. The molecule has 2 nitrogen and oxygen atoms in total. The van der Waals surface area contributed by atoms with E-state index in [-0.39, 0.29) is 5.91 Å². The molecule has 2 heteroatoms. The van der Waals surface area contributed by atoms with Gasteiger partial charge in [-0.3, -0.25) is 4.79 Å². The minimum Gasteiger partial charge on any atom is -0.327 e. The minimum atomic E-state index is -0.0278. The summed E-state index contributed by atoms with van der Waals surface area (Å²) >= 11 is 0. The maximum absolute atomic E-state index is 10.7. The molecule has 1 N–H and O–H groups in total. The van der Waals surface area contributed by atoms with Crippen molar-refractivity contribution >= 4 is 5.91 Å². The third-order valence-corrected chi connectivity index (χ3v) is 1.56. The molecule has 0 saturated carbocycles. The topological polar surface area (TPSA) is 29.1 Å². The monoisotopic (exact) mass is 163 g/mol. The molecule has 0 radical (unpaired) electrons. The number of amides is 1. The van der Waals surface area contributed by atoms with Crippen LogP contribution in [0.15, 0.2) is 36.1 Å². The van der Waals surface area contributed by atoms with Crippen molar-refractivity contribution in [2.45, 2.75) is 13.8 Å². The van der Waals surface area contributed by atoms with Crippen molar-refractivity contribution in [3.8, 4) is 0 Å². The first-order valence-electron chi connectivity index (χ1n) is 4.03. The number of nitrogens with one attached hydrogen (secondary N) is 1. The first-order chi connectivity index (χ1) is 5.68. The summed E-state index contributed by atoms with van der Waals surface area (Å²) in [6, 6.07) is 0. The van der Waals surface area contributed by atoms with Gasteiger partial charge in [-0.15, -0.1) is 0 Å². The number of carbonyl (C=O) groups is 1. The lowest BCUT2D eigenvalue weighted by molar-refractivity contribution is -0.118. The van der Waals surface area contributed by atoms with Crippen LogP contribution < -0.4 is 5.32 Å². The normalized spacial score (nSPS) is 21.5. The molecule has 0 spiro atoms. The highest BCUT2D eigenvalue weighted by Crippen LogP contribution is 2.08. The van der Waals surface area contributed by atoms with Crippen LogP contribution in [0.4, 0.5) is 0 Å². The fraction of sp³-hybridized carbons (Fsp3) is 0.300. The van der Waals surface area contributed by atoms with Crippen molar-refractivity contribution in [2.24, 2.45) is 5.92 Å². The van der Waals surface area contributed by atoms with Crippen molar-refractivity contribution in [1.82, 2.24) is 5.32 Å². The van der Waals surface area contributed by atoms with Crippen LogP contribution in [0, 0.1) is 5.92 Å². The zero-order valence-corrected chi connectivity index (χ0v) is 7.37. The Balaban J connectivity index is 2.70. The van der Waals surface area contributed by atoms with E-state index in [2.05, 4.69) is 18.3 Å². The molecule has 0 heterocycles. The van der Waals surface area contributed by atoms with Gasteiger partial charge in [-0.05, 0) is 12.0 Å². The van der Waals surface area contributed by atoms with Crippen molar-refractivity contribution < 1.29 is 4.79 Å². The predicted molar refractivity (Wildman–Crippen MR) is 49.3 cm³/mol. The fourth-order valence-electron chi connectivity index (χ4n) is 1.08. The quantitative estimate of drug-likeness (QED) is 0.627. The van der Waals surface area contributed by atoms with E-state index < -0.39 is 0 Å². The molecular weight excluding hydrogens is 150 g/mol. The van der Waals surface area contributed by atoms with Crippen molar-refractivity contribution in [1.29, 1.82) is 0 Å². The van der Waals surface area contributed by atoms with Crippen LogP contribution in [0.5, 0.6) is 0 Å². The van der Waals surface area contributed by atoms with Crippen LogP contribution in [-0.2, 0) is 4.79 Å². The Bertz CT molecular complexity index is 261. The number of hydrogen-bond donors (Lipinski definition) is 1. The van der Waals surface area contributed by atoms with Gasteiger partial charge in [-0.2, -0.15) is 0 Å². The van der Waals surface area contributed by atoms with Gasteiger partial charge in [0.15, 0.2) is 0 Å². The zero-order chi connectivity index (χ0) is 8.97. The SMILES string of the molecule is CC(=O)NC1=CC(C)C=CC=C1. The van der Waals surface area contributed by atoms with Gasteiger partial charge < -0.3 is 5.32 Å². The molecule has 1 amide bonds. The number of carbonyl (C=O) groups excluding carboxylic acids is 1. The molecule has 0 saturated heterocycles. The summed E-state index contributed by atoms with van der Waals surface area (Å²) in [6.07, 6.45) is 9.88. The number of allylic oxidation sites excluding steroid dienone is 5. The summed E-state index contributed by atoms with van der Waals surface area (Å²) in [5.74, 6) is 0.349. The van der Waals surface area contributed by atoms with E-state index in [4.69, 9.17) is 0 Å². The summed E-state index contributed by atoms with van der Waals surface area (Å²) in [6.45, 7) is 3.59. The molecule has 0 aromatic heterocycles. The molecule has 0 aromatic carbocycles. The first-order valence-corrected chi connectivity index (χ1v) is 4.03. The maximum Gasteiger partial charge on any atom is 0.221 e. The molecule has 0 bridgehead atoms. The van der Waals surface area contributed by atoms with Crippen molar-refractivity contribution in [3.05, 3.63) is 36.1 Å². The molecule has 0 aliphatic heterocycles. The van der Waals surface area contributed by atoms with Crippen LogP contribution in [0.1, 0.15) is 13.8 Å². The van der Waals surface area contributed by atoms with E-state index in [0.29, 0.717) is 5.92 Å². The van der Waals surface area contributed by atoms with Crippen molar-refractivity contribution in [2.75, 3.05) is 0 Å². The Morgan fingerprint density at radius 3 is 2.92 bits per heavy atom. The minimum absolute atomic E-state index is 0.0278.